The van der Waals surface area contributed by atoms with Gasteiger partial charge in [-0.2, -0.15) is 0 Å². The van der Waals surface area contributed by atoms with E-state index >= 15 is 0 Å². The first-order chi connectivity index (χ1) is 10.0. The zero-order valence-electron chi connectivity index (χ0n) is 12.5. The number of carbonyl (C=O) groups excluding carboxylic acids is 1. The van der Waals surface area contributed by atoms with E-state index in [1.54, 1.807) is 0 Å². The van der Waals surface area contributed by atoms with Gasteiger partial charge in [-0.1, -0.05) is 42.0 Å². The number of hydrogen-bond acceptors (Lipinski definition) is 1. The first-order valence-electron chi connectivity index (χ1n) is 7.17. The van der Waals surface area contributed by atoms with Gasteiger partial charge in [0.05, 0.1) is 11.1 Å². The Morgan fingerprint density at radius 1 is 1.10 bits per heavy atom. The lowest BCUT2D eigenvalue weighted by molar-refractivity contribution is -0.121. The molecule has 0 saturated heterocycles. The summed E-state index contributed by atoms with van der Waals surface area (Å²) < 4.78 is 0. The van der Waals surface area contributed by atoms with Gasteiger partial charge in [-0.25, -0.2) is 0 Å². The third kappa shape index (κ3) is 2.07. The lowest BCUT2D eigenvalue weighted by Crippen LogP contribution is -2.36. The Hall–Kier alpha value is -2.35. The number of anilines is 2. The van der Waals surface area contributed by atoms with Crippen molar-refractivity contribution in [2.75, 3.05) is 4.90 Å². The number of carbonyl (C=O) groups is 1. The number of amides is 1. The highest BCUT2D eigenvalue weighted by Crippen LogP contribution is 2.47. The summed E-state index contributed by atoms with van der Waals surface area (Å²) in [5, 5.41) is 0. The molecule has 0 N–H and O–H groups in total. The summed E-state index contributed by atoms with van der Waals surface area (Å²) in [6.45, 7) is 8.00. The quantitative estimate of drug-likeness (QED) is 0.751. The number of nitrogens with zero attached hydrogens (tertiary/aromatic N) is 1. The van der Waals surface area contributed by atoms with E-state index in [0.717, 1.165) is 22.5 Å². The van der Waals surface area contributed by atoms with Crippen LogP contribution in [0.1, 0.15) is 25.8 Å². The molecular weight excluding hydrogens is 258 g/mol. The standard InChI is InChI=1S/C19H19NO/c1-14(2)13-19(3)16-11-7-8-12-17(16)20(18(19)21)15-9-5-4-6-10-15/h4-12H,1,13H2,2-3H3/t19-/m0/s1. The van der Waals surface area contributed by atoms with Crippen molar-refractivity contribution in [1.82, 2.24) is 0 Å². The molecule has 2 aromatic carbocycles. The molecule has 2 aromatic rings. The van der Waals surface area contributed by atoms with Gasteiger partial charge in [0.25, 0.3) is 0 Å². The second kappa shape index (κ2) is 4.88. The average Bonchev–Trinajstić information content (AvgIpc) is 2.68. The van der Waals surface area contributed by atoms with Gasteiger partial charge in [0.1, 0.15) is 0 Å². The lowest BCUT2D eigenvalue weighted by Gasteiger charge is -2.24. The van der Waals surface area contributed by atoms with Crippen LogP contribution in [0.5, 0.6) is 0 Å². The van der Waals surface area contributed by atoms with Crippen LogP contribution in [0.3, 0.4) is 0 Å². The van der Waals surface area contributed by atoms with Crippen LogP contribution in [0.4, 0.5) is 11.4 Å². The Kier molecular flexibility index (Phi) is 3.17. The van der Waals surface area contributed by atoms with Crippen LogP contribution in [-0.2, 0) is 10.2 Å². The molecule has 1 atom stereocenters. The van der Waals surface area contributed by atoms with Crippen LogP contribution >= 0.6 is 0 Å². The van der Waals surface area contributed by atoms with Gasteiger partial charge in [-0.05, 0) is 44.0 Å². The van der Waals surface area contributed by atoms with Gasteiger partial charge in [-0.3, -0.25) is 9.69 Å². The van der Waals surface area contributed by atoms with Crippen molar-refractivity contribution >= 4 is 17.3 Å². The highest BCUT2D eigenvalue weighted by Gasteiger charge is 2.47. The predicted octanol–water partition coefficient (Wildman–Crippen LogP) is 4.59. The van der Waals surface area contributed by atoms with Gasteiger partial charge in [0.2, 0.25) is 5.91 Å². The van der Waals surface area contributed by atoms with Crippen LogP contribution in [0, 0.1) is 0 Å². The molecule has 106 valence electrons. The minimum absolute atomic E-state index is 0.123. The van der Waals surface area contributed by atoms with Crippen molar-refractivity contribution in [2.24, 2.45) is 0 Å². The van der Waals surface area contributed by atoms with Crippen molar-refractivity contribution in [3.63, 3.8) is 0 Å². The van der Waals surface area contributed by atoms with E-state index in [2.05, 4.69) is 12.6 Å². The summed E-state index contributed by atoms with van der Waals surface area (Å²) in [7, 11) is 0. The molecule has 1 aliphatic rings. The molecule has 0 bridgehead atoms. The molecule has 0 fully saturated rings. The molecule has 0 unspecified atom stereocenters. The maximum absolute atomic E-state index is 13.1. The van der Waals surface area contributed by atoms with Crippen molar-refractivity contribution in [3.8, 4) is 0 Å². The van der Waals surface area contributed by atoms with Crippen LogP contribution in [0.2, 0.25) is 0 Å². The molecule has 1 aliphatic heterocycles. The van der Waals surface area contributed by atoms with Gasteiger partial charge >= 0.3 is 0 Å². The van der Waals surface area contributed by atoms with Gasteiger partial charge in [0.15, 0.2) is 0 Å². The summed E-state index contributed by atoms with van der Waals surface area (Å²) >= 11 is 0. The molecule has 3 rings (SSSR count). The number of fused-ring (bicyclic) bond motifs is 1. The zero-order valence-corrected chi connectivity index (χ0v) is 12.5. The summed E-state index contributed by atoms with van der Waals surface area (Å²) in [4.78, 5) is 14.9. The SMILES string of the molecule is C=C(C)C[C@]1(C)C(=O)N(c2ccccc2)c2ccccc21. The highest BCUT2D eigenvalue weighted by atomic mass is 16.2. The second-order valence-corrected chi connectivity index (χ2v) is 5.96. The van der Waals surface area contributed by atoms with E-state index < -0.39 is 5.41 Å². The molecule has 0 aromatic heterocycles. The van der Waals surface area contributed by atoms with Crippen molar-refractivity contribution in [2.45, 2.75) is 25.7 Å². The molecule has 0 saturated carbocycles. The van der Waals surface area contributed by atoms with E-state index in [1.807, 2.05) is 67.3 Å². The summed E-state index contributed by atoms with van der Waals surface area (Å²) in [5.41, 5.74) is 3.48. The Morgan fingerprint density at radius 3 is 2.38 bits per heavy atom. The topological polar surface area (TPSA) is 20.3 Å². The van der Waals surface area contributed by atoms with Crippen molar-refractivity contribution < 1.29 is 4.79 Å². The number of allylic oxidation sites excluding steroid dienone is 1. The highest BCUT2D eigenvalue weighted by molar-refractivity contribution is 6.12. The third-order valence-electron chi connectivity index (χ3n) is 4.08. The fraction of sp³-hybridized carbons (Fsp3) is 0.211. The van der Waals surface area contributed by atoms with Gasteiger partial charge in [-0.15, -0.1) is 6.58 Å². The molecule has 0 radical (unpaired) electrons. The number of benzene rings is 2. The van der Waals surface area contributed by atoms with E-state index in [-0.39, 0.29) is 5.91 Å². The van der Waals surface area contributed by atoms with E-state index in [4.69, 9.17) is 0 Å². The zero-order chi connectivity index (χ0) is 15.0. The van der Waals surface area contributed by atoms with E-state index in [0.29, 0.717) is 6.42 Å². The third-order valence-corrected chi connectivity index (χ3v) is 4.08. The minimum Gasteiger partial charge on any atom is -0.280 e. The van der Waals surface area contributed by atoms with E-state index in [9.17, 15) is 4.79 Å². The number of hydrogen-bond donors (Lipinski definition) is 0. The number of para-hydroxylation sites is 2. The smallest absolute Gasteiger partial charge is 0.242 e. The summed E-state index contributed by atoms with van der Waals surface area (Å²) in [6.07, 6.45) is 0.673. The molecular formula is C19H19NO. The first-order valence-corrected chi connectivity index (χ1v) is 7.17. The Balaban J connectivity index is 2.17. The summed E-state index contributed by atoms with van der Waals surface area (Å²) in [5.74, 6) is 0.123. The lowest BCUT2D eigenvalue weighted by atomic mass is 9.79. The first kappa shape index (κ1) is 13.6. The normalized spacial score (nSPS) is 20.5. The fourth-order valence-corrected chi connectivity index (χ4v) is 3.21. The Bertz CT molecular complexity index is 705. The average molecular weight is 277 g/mol. The van der Waals surface area contributed by atoms with Crippen LogP contribution in [0.25, 0.3) is 0 Å². The maximum Gasteiger partial charge on any atom is 0.242 e. The monoisotopic (exact) mass is 277 g/mol. The van der Waals surface area contributed by atoms with Gasteiger partial charge in [0, 0.05) is 5.69 Å². The molecule has 2 heteroatoms. The molecule has 0 spiro atoms. The van der Waals surface area contributed by atoms with Crippen LogP contribution < -0.4 is 4.90 Å². The fourth-order valence-electron chi connectivity index (χ4n) is 3.21. The molecule has 2 nitrogen and oxygen atoms in total. The largest absolute Gasteiger partial charge is 0.280 e. The number of rotatable bonds is 3. The maximum atomic E-state index is 13.1. The predicted molar refractivity (Wildman–Crippen MR) is 86.8 cm³/mol. The van der Waals surface area contributed by atoms with Crippen molar-refractivity contribution in [1.29, 1.82) is 0 Å². The Morgan fingerprint density at radius 2 is 1.71 bits per heavy atom. The van der Waals surface area contributed by atoms with Crippen LogP contribution in [0.15, 0.2) is 66.7 Å². The summed E-state index contributed by atoms with van der Waals surface area (Å²) in [6, 6.07) is 17.9. The van der Waals surface area contributed by atoms with Crippen LogP contribution in [-0.4, -0.2) is 5.91 Å². The van der Waals surface area contributed by atoms with Gasteiger partial charge < -0.3 is 0 Å². The van der Waals surface area contributed by atoms with Crippen molar-refractivity contribution in [3.05, 3.63) is 72.3 Å². The minimum atomic E-state index is -0.529. The second-order valence-electron chi connectivity index (χ2n) is 5.96. The molecule has 1 amide bonds. The molecule has 21 heavy (non-hydrogen) atoms. The Labute approximate surface area is 125 Å². The molecule has 1 heterocycles. The molecule has 0 aliphatic carbocycles. The van der Waals surface area contributed by atoms with E-state index in [1.165, 1.54) is 0 Å².